The fraction of sp³-hybridized carbons (Fsp3) is 1.00. The lowest BCUT2D eigenvalue weighted by Gasteiger charge is -2.36. The molecular formula is C16H33N3. The SMILES string of the molecule is CCNC1CCCN(CCCN2CCCCC2C)C1. The molecule has 0 aromatic heterocycles. The number of nitrogens with one attached hydrogen (secondary N) is 1. The zero-order chi connectivity index (χ0) is 13.5. The monoisotopic (exact) mass is 267 g/mol. The van der Waals surface area contributed by atoms with Crippen molar-refractivity contribution in [2.45, 2.75) is 64.5 Å². The van der Waals surface area contributed by atoms with E-state index < -0.39 is 0 Å². The van der Waals surface area contributed by atoms with Gasteiger partial charge in [-0.3, -0.25) is 0 Å². The third-order valence-corrected chi connectivity index (χ3v) is 4.86. The van der Waals surface area contributed by atoms with Crippen LogP contribution in [0.1, 0.15) is 52.4 Å². The van der Waals surface area contributed by atoms with Gasteiger partial charge in [-0.25, -0.2) is 0 Å². The summed E-state index contributed by atoms with van der Waals surface area (Å²) >= 11 is 0. The lowest BCUT2D eigenvalue weighted by Crippen LogP contribution is -2.46. The zero-order valence-electron chi connectivity index (χ0n) is 13.0. The first kappa shape index (κ1) is 15.3. The van der Waals surface area contributed by atoms with E-state index in [-0.39, 0.29) is 0 Å². The number of hydrogen-bond donors (Lipinski definition) is 1. The van der Waals surface area contributed by atoms with Crippen LogP contribution >= 0.6 is 0 Å². The van der Waals surface area contributed by atoms with Crippen LogP contribution in [0.15, 0.2) is 0 Å². The van der Waals surface area contributed by atoms with Gasteiger partial charge in [0, 0.05) is 18.6 Å². The highest BCUT2D eigenvalue weighted by Crippen LogP contribution is 2.17. The van der Waals surface area contributed by atoms with E-state index in [2.05, 4.69) is 29.0 Å². The molecule has 0 amide bonds. The third kappa shape index (κ3) is 5.05. The van der Waals surface area contributed by atoms with Crippen LogP contribution in [0.4, 0.5) is 0 Å². The molecule has 0 radical (unpaired) electrons. The van der Waals surface area contributed by atoms with Crippen molar-refractivity contribution in [2.24, 2.45) is 0 Å². The maximum absolute atomic E-state index is 3.61. The molecule has 2 aliphatic heterocycles. The number of likely N-dealkylation sites (tertiary alicyclic amines) is 2. The van der Waals surface area contributed by atoms with Crippen LogP contribution in [0.3, 0.4) is 0 Å². The molecule has 0 aliphatic carbocycles. The average Bonchev–Trinajstić information content (AvgIpc) is 2.42. The maximum Gasteiger partial charge on any atom is 0.0195 e. The number of piperidine rings is 2. The van der Waals surface area contributed by atoms with Crippen LogP contribution in [0.2, 0.25) is 0 Å². The summed E-state index contributed by atoms with van der Waals surface area (Å²) in [6.45, 7) is 12.3. The van der Waals surface area contributed by atoms with Gasteiger partial charge in [0.25, 0.3) is 0 Å². The summed E-state index contributed by atoms with van der Waals surface area (Å²) in [5.74, 6) is 0. The lowest BCUT2D eigenvalue weighted by molar-refractivity contribution is 0.139. The fourth-order valence-corrected chi connectivity index (χ4v) is 3.70. The average molecular weight is 267 g/mol. The first-order chi connectivity index (χ1) is 9.29. The molecular weight excluding hydrogens is 234 g/mol. The molecule has 0 aromatic carbocycles. The van der Waals surface area contributed by atoms with Gasteiger partial charge in [0.05, 0.1) is 0 Å². The molecule has 2 unspecified atom stereocenters. The van der Waals surface area contributed by atoms with Crippen LogP contribution in [0.5, 0.6) is 0 Å². The predicted molar refractivity (Wildman–Crippen MR) is 82.6 cm³/mol. The zero-order valence-corrected chi connectivity index (χ0v) is 13.0. The van der Waals surface area contributed by atoms with Gasteiger partial charge in [-0.1, -0.05) is 13.3 Å². The molecule has 0 saturated carbocycles. The lowest BCUT2D eigenvalue weighted by atomic mass is 10.0. The molecule has 2 aliphatic rings. The van der Waals surface area contributed by atoms with E-state index in [1.165, 1.54) is 71.2 Å². The van der Waals surface area contributed by atoms with Gasteiger partial charge < -0.3 is 15.1 Å². The Balaban J connectivity index is 1.62. The molecule has 3 nitrogen and oxygen atoms in total. The second kappa shape index (κ2) is 8.23. The minimum atomic E-state index is 0.743. The van der Waals surface area contributed by atoms with Gasteiger partial charge in [-0.15, -0.1) is 0 Å². The molecule has 2 atom stereocenters. The molecule has 1 N–H and O–H groups in total. The smallest absolute Gasteiger partial charge is 0.0195 e. The summed E-state index contributed by atoms with van der Waals surface area (Å²) in [6, 6.07) is 1.57. The Morgan fingerprint density at radius 3 is 2.74 bits per heavy atom. The summed E-state index contributed by atoms with van der Waals surface area (Å²) < 4.78 is 0. The summed E-state index contributed by atoms with van der Waals surface area (Å²) in [6.07, 6.45) is 8.35. The van der Waals surface area contributed by atoms with E-state index >= 15 is 0 Å². The highest BCUT2D eigenvalue weighted by Gasteiger charge is 2.20. The quantitative estimate of drug-likeness (QED) is 0.797. The van der Waals surface area contributed by atoms with Crippen molar-refractivity contribution in [3.8, 4) is 0 Å². The fourth-order valence-electron chi connectivity index (χ4n) is 3.70. The summed E-state index contributed by atoms with van der Waals surface area (Å²) in [4.78, 5) is 5.38. The van der Waals surface area contributed by atoms with Crippen LogP contribution < -0.4 is 5.32 Å². The van der Waals surface area contributed by atoms with E-state index in [0.717, 1.165) is 18.6 Å². The summed E-state index contributed by atoms with van der Waals surface area (Å²) in [5, 5.41) is 3.61. The molecule has 0 spiro atoms. The van der Waals surface area contributed by atoms with Gasteiger partial charge in [0.1, 0.15) is 0 Å². The van der Waals surface area contributed by atoms with Crippen LogP contribution in [0, 0.1) is 0 Å². The van der Waals surface area contributed by atoms with Gasteiger partial charge in [-0.05, 0) is 71.8 Å². The van der Waals surface area contributed by atoms with Gasteiger partial charge in [0.15, 0.2) is 0 Å². The molecule has 2 heterocycles. The van der Waals surface area contributed by atoms with E-state index in [1.54, 1.807) is 0 Å². The number of rotatable bonds is 6. The Bertz CT molecular complexity index is 242. The molecule has 0 aromatic rings. The Labute approximate surface area is 119 Å². The minimum absolute atomic E-state index is 0.743. The summed E-state index contributed by atoms with van der Waals surface area (Å²) in [5.41, 5.74) is 0. The topological polar surface area (TPSA) is 18.5 Å². The van der Waals surface area contributed by atoms with Crippen LogP contribution in [0.25, 0.3) is 0 Å². The van der Waals surface area contributed by atoms with Crippen LogP contribution in [-0.4, -0.2) is 61.2 Å². The van der Waals surface area contributed by atoms with Crippen molar-refractivity contribution in [2.75, 3.05) is 39.3 Å². The van der Waals surface area contributed by atoms with E-state index in [4.69, 9.17) is 0 Å². The predicted octanol–water partition coefficient (Wildman–Crippen LogP) is 2.32. The molecule has 2 saturated heterocycles. The van der Waals surface area contributed by atoms with Gasteiger partial charge >= 0.3 is 0 Å². The van der Waals surface area contributed by atoms with Crippen molar-refractivity contribution in [3.05, 3.63) is 0 Å². The van der Waals surface area contributed by atoms with E-state index in [9.17, 15) is 0 Å². The molecule has 112 valence electrons. The number of nitrogens with zero attached hydrogens (tertiary/aromatic N) is 2. The number of hydrogen-bond acceptors (Lipinski definition) is 3. The number of likely N-dealkylation sites (N-methyl/N-ethyl adjacent to an activating group) is 1. The van der Waals surface area contributed by atoms with Gasteiger partial charge in [0.2, 0.25) is 0 Å². The highest BCUT2D eigenvalue weighted by atomic mass is 15.2. The minimum Gasteiger partial charge on any atom is -0.313 e. The van der Waals surface area contributed by atoms with Crippen molar-refractivity contribution in [1.82, 2.24) is 15.1 Å². The largest absolute Gasteiger partial charge is 0.313 e. The maximum atomic E-state index is 3.61. The molecule has 3 heteroatoms. The highest BCUT2D eigenvalue weighted by molar-refractivity contribution is 4.78. The first-order valence-corrected chi connectivity index (χ1v) is 8.49. The second-order valence-electron chi connectivity index (χ2n) is 6.43. The van der Waals surface area contributed by atoms with E-state index in [0.29, 0.717) is 0 Å². The molecule has 2 fully saturated rings. The van der Waals surface area contributed by atoms with Crippen molar-refractivity contribution in [1.29, 1.82) is 0 Å². The Morgan fingerprint density at radius 2 is 1.95 bits per heavy atom. The Hall–Kier alpha value is -0.120. The van der Waals surface area contributed by atoms with Crippen molar-refractivity contribution >= 4 is 0 Å². The summed E-state index contributed by atoms with van der Waals surface area (Å²) in [7, 11) is 0. The Kier molecular flexibility index (Phi) is 6.62. The van der Waals surface area contributed by atoms with Crippen molar-refractivity contribution in [3.63, 3.8) is 0 Å². The standard InChI is InChI=1S/C16H33N3/c1-3-17-16-9-6-10-18(14-16)11-7-13-19-12-5-4-8-15(19)2/h15-17H,3-14H2,1-2H3. The Morgan fingerprint density at radius 1 is 1.05 bits per heavy atom. The molecule has 19 heavy (non-hydrogen) atoms. The normalized spacial score (nSPS) is 30.6. The van der Waals surface area contributed by atoms with Crippen molar-refractivity contribution < 1.29 is 0 Å². The van der Waals surface area contributed by atoms with E-state index in [1.807, 2.05) is 0 Å². The van der Waals surface area contributed by atoms with Crippen LogP contribution in [-0.2, 0) is 0 Å². The molecule has 2 rings (SSSR count). The molecule has 0 bridgehead atoms. The second-order valence-corrected chi connectivity index (χ2v) is 6.43. The van der Waals surface area contributed by atoms with Gasteiger partial charge in [-0.2, -0.15) is 0 Å². The third-order valence-electron chi connectivity index (χ3n) is 4.86. The first-order valence-electron chi connectivity index (χ1n) is 8.49.